The summed E-state index contributed by atoms with van der Waals surface area (Å²) >= 11 is 0. The fourth-order valence-corrected chi connectivity index (χ4v) is 4.27. The van der Waals surface area contributed by atoms with Gasteiger partial charge in [0.25, 0.3) is 0 Å². The van der Waals surface area contributed by atoms with Crippen molar-refractivity contribution >= 4 is 18.1 Å². The van der Waals surface area contributed by atoms with Crippen LogP contribution in [0, 0.1) is 0 Å². The van der Waals surface area contributed by atoms with Crippen molar-refractivity contribution in [1.29, 1.82) is 0 Å². The van der Waals surface area contributed by atoms with Crippen molar-refractivity contribution < 1.29 is 9.47 Å². The topological polar surface area (TPSA) is 68.5 Å². The van der Waals surface area contributed by atoms with Gasteiger partial charge in [0.15, 0.2) is 17.3 Å². The number of piperazine rings is 1. The summed E-state index contributed by atoms with van der Waals surface area (Å²) in [5.74, 6) is 2.24. The van der Waals surface area contributed by atoms with Gasteiger partial charge in [-0.25, -0.2) is 4.68 Å². The van der Waals surface area contributed by atoms with E-state index in [2.05, 4.69) is 82.5 Å². The Morgan fingerprint density at radius 2 is 1.55 bits per heavy atom. The minimum absolute atomic E-state index is 0. The fraction of sp³-hybridized carbons (Fsp3) is 0.458. The molecule has 0 aliphatic carbocycles. The van der Waals surface area contributed by atoms with E-state index in [-0.39, 0.29) is 24.0 Å². The van der Waals surface area contributed by atoms with E-state index in [9.17, 15) is 0 Å². The molecule has 3 aromatic rings. The molecule has 178 valence electrons. The summed E-state index contributed by atoms with van der Waals surface area (Å²) in [6, 6.07) is 16.5. The summed E-state index contributed by atoms with van der Waals surface area (Å²) in [5, 5.41) is 12.9. The van der Waals surface area contributed by atoms with E-state index in [1.165, 1.54) is 5.69 Å². The molecule has 2 aromatic carbocycles. The first-order chi connectivity index (χ1) is 15.4. The SMILES string of the molecule is COc1ccc(C(c2nnnn2C(C)(C)C)N2CCN(c3ccccc3)CC2)cc1OC.Cl. The van der Waals surface area contributed by atoms with Crippen molar-refractivity contribution in [3.63, 3.8) is 0 Å². The zero-order valence-electron chi connectivity index (χ0n) is 19.9. The predicted molar refractivity (Wildman–Crippen MR) is 132 cm³/mol. The Bertz CT molecular complexity index is 1030. The number of para-hydroxylation sites is 1. The van der Waals surface area contributed by atoms with Crippen LogP contribution in [-0.2, 0) is 5.54 Å². The van der Waals surface area contributed by atoms with Crippen LogP contribution < -0.4 is 14.4 Å². The number of nitrogens with zero attached hydrogens (tertiary/aromatic N) is 6. The number of hydrogen-bond donors (Lipinski definition) is 0. The molecular weight excluding hydrogens is 440 g/mol. The Morgan fingerprint density at radius 3 is 2.15 bits per heavy atom. The van der Waals surface area contributed by atoms with Crippen LogP contribution in [0.4, 0.5) is 5.69 Å². The first-order valence-electron chi connectivity index (χ1n) is 11.0. The average molecular weight is 473 g/mol. The van der Waals surface area contributed by atoms with Gasteiger partial charge in [-0.3, -0.25) is 4.90 Å². The molecule has 9 heteroatoms. The van der Waals surface area contributed by atoms with Gasteiger partial charge in [-0.2, -0.15) is 0 Å². The largest absolute Gasteiger partial charge is 0.493 e. The summed E-state index contributed by atoms with van der Waals surface area (Å²) in [5.41, 5.74) is 2.10. The molecule has 1 aliphatic heterocycles. The summed E-state index contributed by atoms with van der Waals surface area (Å²) < 4.78 is 13.0. The van der Waals surface area contributed by atoms with E-state index in [4.69, 9.17) is 9.47 Å². The van der Waals surface area contributed by atoms with Crippen LogP contribution in [0.2, 0.25) is 0 Å². The molecule has 0 N–H and O–H groups in total. The van der Waals surface area contributed by atoms with Gasteiger partial charge < -0.3 is 14.4 Å². The van der Waals surface area contributed by atoms with Crippen LogP contribution in [0.5, 0.6) is 11.5 Å². The van der Waals surface area contributed by atoms with Gasteiger partial charge in [-0.15, -0.1) is 17.5 Å². The number of anilines is 1. The van der Waals surface area contributed by atoms with E-state index < -0.39 is 0 Å². The van der Waals surface area contributed by atoms with Crippen molar-refractivity contribution in [2.45, 2.75) is 32.4 Å². The number of rotatable bonds is 6. The van der Waals surface area contributed by atoms with Crippen LogP contribution in [0.15, 0.2) is 48.5 Å². The van der Waals surface area contributed by atoms with Gasteiger partial charge in [0.2, 0.25) is 0 Å². The first kappa shape index (κ1) is 24.8. The van der Waals surface area contributed by atoms with E-state index in [1.54, 1.807) is 14.2 Å². The van der Waals surface area contributed by atoms with Crippen LogP contribution in [-0.4, -0.2) is 65.5 Å². The molecule has 1 saturated heterocycles. The van der Waals surface area contributed by atoms with E-state index >= 15 is 0 Å². The molecule has 0 spiro atoms. The quantitative estimate of drug-likeness (QED) is 0.540. The zero-order valence-corrected chi connectivity index (χ0v) is 20.7. The highest BCUT2D eigenvalue weighted by Crippen LogP contribution is 2.36. The fourth-order valence-electron chi connectivity index (χ4n) is 4.27. The maximum atomic E-state index is 5.59. The second-order valence-electron chi connectivity index (χ2n) is 9.00. The zero-order chi connectivity index (χ0) is 22.7. The molecule has 1 aliphatic rings. The molecule has 0 bridgehead atoms. The van der Waals surface area contributed by atoms with Gasteiger partial charge in [-0.1, -0.05) is 24.3 Å². The number of halogens is 1. The summed E-state index contributed by atoms with van der Waals surface area (Å²) in [6.07, 6.45) is 0. The maximum absolute atomic E-state index is 5.59. The molecule has 1 fully saturated rings. The van der Waals surface area contributed by atoms with E-state index in [0.717, 1.165) is 37.6 Å². The Morgan fingerprint density at radius 1 is 0.879 bits per heavy atom. The van der Waals surface area contributed by atoms with Crippen molar-refractivity contribution in [2.24, 2.45) is 0 Å². The molecule has 0 saturated carbocycles. The summed E-state index contributed by atoms with van der Waals surface area (Å²) in [7, 11) is 3.31. The highest BCUT2D eigenvalue weighted by molar-refractivity contribution is 5.85. The Hall–Kier alpha value is -2.84. The molecule has 1 unspecified atom stereocenters. The van der Waals surface area contributed by atoms with Gasteiger partial charge in [0, 0.05) is 31.9 Å². The average Bonchev–Trinajstić information content (AvgIpc) is 3.30. The highest BCUT2D eigenvalue weighted by Gasteiger charge is 2.33. The molecule has 33 heavy (non-hydrogen) atoms. The minimum Gasteiger partial charge on any atom is -0.493 e. The summed E-state index contributed by atoms with van der Waals surface area (Å²) in [6.45, 7) is 10.0. The Labute approximate surface area is 201 Å². The third-order valence-corrected chi connectivity index (χ3v) is 5.90. The number of tetrazole rings is 1. The molecule has 0 radical (unpaired) electrons. The number of hydrogen-bond acceptors (Lipinski definition) is 7. The Balaban J connectivity index is 0.00000306. The maximum Gasteiger partial charge on any atom is 0.173 e. The molecular formula is C24H33ClN6O2. The first-order valence-corrected chi connectivity index (χ1v) is 11.0. The molecule has 2 heterocycles. The van der Waals surface area contributed by atoms with Crippen LogP contribution in [0.1, 0.15) is 38.2 Å². The third kappa shape index (κ3) is 5.23. The molecule has 4 rings (SSSR count). The predicted octanol–water partition coefficient (Wildman–Crippen LogP) is 3.78. The van der Waals surface area contributed by atoms with Gasteiger partial charge in [-0.05, 0) is 61.0 Å². The smallest absolute Gasteiger partial charge is 0.173 e. The Kier molecular flexibility index (Phi) is 7.81. The minimum atomic E-state index is -0.237. The second kappa shape index (κ2) is 10.4. The van der Waals surface area contributed by atoms with Crippen LogP contribution in [0.25, 0.3) is 0 Å². The van der Waals surface area contributed by atoms with E-state index in [1.807, 2.05) is 16.8 Å². The molecule has 8 nitrogen and oxygen atoms in total. The van der Waals surface area contributed by atoms with Gasteiger partial charge in [0.1, 0.15) is 0 Å². The molecule has 0 amide bonds. The number of benzene rings is 2. The highest BCUT2D eigenvalue weighted by atomic mass is 35.5. The molecule has 1 atom stereocenters. The summed E-state index contributed by atoms with van der Waals surface area (Å²) in [4.78, 5) is 4.88. The van der Waals surface area contributed by atoms with Crippen LogP contribution >= 0.6 is 12.4 Å². The lowest BCUT2D eigenvalue weighted by molar-refractivity contribution is 0.191. The molecule has 1 aromatic heterocycles. The lowest BCUT2D eigenvalue weighted by Gasteiger charge is -2.40. The van der Waals surface area contributed by atoms with Crippen molar-refractivity contribution in [1.82, 2.24) is 25.1 Å². The van der Waals surface area contributed by atoms with Crippen LogP contribution in [0.3, 0.4) is 0 Å². The number of ether oxygens (including phenoxy) is 2. The lowest BCUT2D eigenvalue weighted by atomic mass is 10.0. The van der Waals surface area contributed by atoms with Crippen molar-refractivity contribution in [2.75, 3.05) is 45.3 Å². The number of aromatic nitrogens is 4. The number of methoxy groups -OCH3 is 2. The van der Waals surface area contributed by atoms with Crippen molar-refractivity contribution in [3.8, 4) is 11.5 Å². The third-order valence-electron chi connectivity index (χ3n) is 5.90. The monoisotopic (exact) mass is 472 g/mol. The normalized spacial score (nSPS) is 15.6. The van der Waals surface area contributed by atoms with Crippen molar-refractivity contribution in [3.05, 3.63) is 59.9 Å². The standard InChI is InChI=1S/C24H32N6O2.ClH/c1-24(2,3)30-23(25-26-27-30)22(18-11-12-20(31-4)21(17-18)32-5)29-15-13-28(14-16-29)19-9-7-6-8-10-19;/h6-12,17,22H,13-16H2,1-5H3;1H. The van der Waals surface area contributed by atoms with Gasteiger partial charge in [0.05, 0.1) is 25.8 Å². The lowest BCUT2D eigenvalue weighted by Crippen LogP contribution is -2.48. The van der Waals surface area contributed by atoms with Gasteiger partial charge >= 0.3 is 0 Å². The van der Waals surface area contributed by atoms with E-state index in [0.29, 0.717) is 11.5 Å². The second-order valence-corrected chi connectivity index (χ2v) is 9.00.